The van der Waals surface area contributed by atoms with Crippen molar-refractivity contribution in [3.63, 3.8) is 0 Å². The topological polar surface area (TPSA) is 42.1 Å². The standard InChI is InChI=1S/C15H25N3/c1-11-4-6-14(7-5-11)18(3)15-10-13(12(2)16)8-9-17-15/h8-12,14H,4-7,16H2,1-3H3/t11?,12-,14?/m1/s1. The van der Waals surface area contributed by atoms with Crippen molar-refractivity contribution in [2.75, 3.05) is 11.9 Å². The van der Waals surface area contributed by atoms with Crippen molar-refractivity contribution in [2.24, 2.45) is 11.7 Å². The third-order valence-electron chi connectivity index (χ3n) is 4.19. The molecule has 1 fully saturated rings. The van der Waals surface area contributed by atoms with E-state index >= 15 is 0 Å². The van der Waals surface area contributed by atoms with Crippen molar-refractivity contribution >= 4 is 5.82 Å². The molecule has 1 aromatic heterocycles. The van der Waals surface area contributed by atoms with Crippen LogP contribution in [-0.2, 0) is 0 Å². The lowest BCUT2D eigenvalue weighted by atomic mass is 9.87. The summed E-state index contributed by atoms with van der Waals surface area (Å²) in [4.78, 5) is 6.82. The molecule has 3 nitrogen and oxygen atoms in total. The van der Waals surface area contributed by atoms with E-state index in [0.717, 1.165) is 17.3 Å². The SMILES string of the molecule is CC1CCC(N(C)c2cc([C@@H](C)N)ccn2)CC1. The highest BCUT2D eigenvalue weighted by Crippen LogP contribution is 2.29. The van der Waals surface area contributed by atoms with Gasteiger partial charge in [0.1, 0.15) is 5.82 Å². The van der Waals surface area contributed by atoms with Crippen molar-refractivity contribution in [1.82, 2.24) is 4.98 Å². The summed E-state index contributed by atoms with van der Waals surface area (Å²) in [7, 11) is 2.16. The monoisotopic (exact) mass is 247 g/mol. The quantitative estimate of drug-likeness (QED) is 0.892. The van der Waals surface area contributed by atoms with E-state index in [-0.39, 0.29) is 6.04 Å². The molecule has 2 rings (SSSR count). The smallest absolute Gasteiger partial charge is 0.128 e. The Kier molecular flexibility index (Phi) is 4.23. The molecule has 18 heavy (non-hydrogen) atoms. The van der Waals surface area contributed by atoms with Crippen molar-refractivity contribution in [1.29, 1.82) is 0 Å². The van der Waals surface area contributed by atoms with Crippen LogP contribution in [0.5, 0.6) is 0 Å². The zero-order valence-electron chi connectivity index (χ0n) is 11.8. The molecule has 0 aliphatic heterocycles. The summed E-state index contributed by atoms with van der Waals surface area (Å²) in [5, 5.41) is 0. The number of aromatic nitrogens is 1. The molecular formula is C15H25N3. The molecule has 0 unspecified atom stereocenters. The summed E-state index contributed by atoms with van der Waals surface area (Å²) in [6.07, 6.45) is 7.10. The molecule has 1 atom stereocenters. The molecule has 100 valence electrons. The zero-order chi connectivity index (χ0) is 13.1. The van der Waals surface area contributed by atoms with Gasteiger partial charge in [0.2, 0.25) is 0 Å². The second-order valence-electron chi connectivity index (χ2n) is 5.76. The molecule has 0 radical (unpaired) electrons. The molecule has 0 amide bonds. The number of hydrogen-bond donors (Lipinski definition) is 1. The first-order valence-electron chi connectivity index (χ1n) is 7.02. The first-order chi connectivity index (χ1) is 8.58. The Hall–Kier alpha value is -1.09. The molecule has 1 heterocycles. The average Bonchev–Trinajstić information content (AvgIpc) is 2.39. The molecule has 0 bridgehead atoms. The number of pyridine rings is 1. The maximum Gasteiger partial charge on any atom is 0.128 e. The van der Waals surface area contributed by atoms with Gasteiger partial charge in [-0.15, -0.1) is 0 Å². The minimum absolute atomic E-state index is 0.0755. The van der Waals surface area contributed by atoms with Crippen LogP contribution >= 0.6 is 0 Å². The van der Waals surface area contributed by atoms with Crippen molar-refractivity contribution < 1.29 is 0 Å². The molecule has 0 aromatic carbocycles. The molecule has 1 saturated carbocycles. The normalized spacial score (nSPS) is 25.8. The summed E-state index contributed by atoms with van der Waals surface area (Å²) >= 11 is 0. The number of anilines is 1. The summed E-state index contributed by atoms with van der Waals surface area (Å²) in [5.41, 5.74) is 7.10. The highest BCUT2D eigenvalue weighted by atomic mass is 15.2. The Bertz CT molecular complexity index is 381. The lowest BCUT2D eigenvalue weighted by Crippen LogP contribution is -2.35. The van der Waals surface area contributed by atoms with E-state index in [1.807, 2.05) is 19.2 Å². The van der Waals surface area contributed by atoms with Crippen LogP contribution in [0.3, 0.4) is 0 Å². The van der Waals surface area contributed by atoms with Crippen LogP contribution in [0.1, 0.15) is 51.1 Å². The maximum absolute atomic E-state index is 5.93. The summed E-state index contributed by atoms with van der Waals surface area (Å²) in [6.45, 7) is 4.37. The van der Waals surface area contributed by atoms with E-state index < -0.39 is 0 Å². The van der Waals surface area contributed by atoms with E-state index in [0.29, 0.717) is 6.04 Å². The van der Waals surface area contributed by atoms with Crippen LogP contribution < -0.4 is 10.6 Å². The van der Waals surface area contributed by atoms with E-state index in [1.165, 1.54) is 25.7 Å². The minimum atomic E-state index is 0.0755. The largest absolute Gasteiger partial charge is 0.357 e. The zero-order valence-corrected chi connectivity index (χ0v) is 11.8. The molecule has 1 aliphatic carbocycles. The van der Waals surface area contributed by atoms with Crippen molar-refractivity contribution in [2.45, 2.75) is 51.6 Å². The van der Waals surface area contributed by atoms with Gasteiger partial charge in [0.05, 0.1) is 0 Å². The van der Waals surface area contributed by atoms with Crippen LogP contribution in [0, 0.1) is 5.92 Å². The van der Waals surface area contributed by atoms with E-state index in [1.54, 1.807) is 0 Å². The Morgan fingerprint density at radius 1 is 1.33 bits per heavy atom. The number of hydrogen-bond acceptors (Lipinski definition) is 3. The molecule has 2 N–H and O–H groups in total. The Morgan fingerprint density at radius 3 is 2.61 bits per heavy atom. The lowest BCUT2D eigenvalue weighted by molar-refractivity contribution is 0.340. The first-order valence-corrected chi connectivity index (χ1v) is 7.02. The van der Waals surface area contributed by atoms with Gasteiger partial charge in [-0.3, -0.25) is 0 Å². The van der Waals surface area contributed by atoms with Crippen LogP contribution in [0.25, 0.3) is 0 Å². The first kappa shape index (κ1) is 13.3. The van der Waals surface area contributed by atoms with E-state index in [2.05, 4.69) is 29.9 Å². The lowest BCUT2D eigenvalue weighted by Gasteiger charge is -2.34. The van der Waals surface area contributed by atoms with Gasteiger partial charge in [0.25, 0.3) is 0 Å². The van der Waals surface area contributed by atoms with Crippen LogP contribution in [0.15, 0.2) is 18.3 Å². The molecule has 0 spiro atoms. The summed E-state index contributed by atoms with van der Waals surface area (Å²) < 4.78 is 0. The van der Waals surface area contributed by atoms with Gasteiger partial charge >= 0.3 is 0 Å². The fourth-order valence-corrected chi connectivity index (χ4v) is 2.73. The summed E-state index contributed by atoms with van der Waals surface area (Å²) in [6, 6.07) is 4.84. The van der Waals surface area contributed by atoms with Crippen LogP contribution in [0.4, 0.5) is 5.82 Å². The molecular weight excluding hydrogens is 222 g/mol. The number of nitrogens with two attached hydrogens (primary N) is 1. The molecule has 3 heteroatoms. The molecule has 0 saturated heterocycles. The summed E-state index contributed by atoms with van der Waals surface area (Å²) in [5.74, 6) is 1.95. The second kappa shape index (κ2) is 5.70. The fraction of sp³-hybridized carbons (Fsp3) is 0.667. The van der Waals surface area contributed by atoms with E-state index in [9.17, 15) is 0 Å². The Balaban J connectivity index is 2.08. The van der Waals surface area contributed by atoms with Crippen molar-refractivity contribution in [3.8, 4) is 0 Å². The van der Waals surface area contributed by atoms with Gasteiger partial charge in [0, 0.05) is 25.3 Å². The minimum Gasteiger partial charge on any atom is -0.357 e. The second-order valence-corrected chi connectivity index (χ2v) is 5.76. The highest BCUT2D eigenvalue weighted by molar-refractivity contribution is 5.42. The van der Waals surface area contributed by atoms with Gasteiger partial charge in [-0.1, -0.05) is 6.92 Å². The van der Waals surface area contributed by atoms with Gasteiger partial charge in [0.15, 0.2) is 0 Å². The highest BCUT2D eigenvalue weighted by Gasteiger charge is 2.22. The van der Waals surface area contributed by atoms with Crippen molar-refractivity contribution in [3.05, 3.63) is 23.9 Å². The molecule has 1 aromatic rings. The van der Waals surface area contributed by atoms with Gasteiger partial charge < -0.3 is 10.6 Å². The van der Waals surface area contributed by atoms with Gasteiger partial charge in [-0.05, 0) is 56.2 Å². The third kappa shape index (κ3) is 3.02. The Morgan fingerprint density at radius 2 is 2.00 bits per heavy atom. The number of rotatable bonds is 3. The third-order valence-corrected chi connectivity index (χ3v) is 4.19. The van der Waals surface area contributed by atoms with Gasteiger partial charge in [-0.25, -0.2) is 4.98 Å². The van der Waals surface area contributed by atoms with E-state index in [4.69, 9.17) is 5.73 Å². The van der Waals surface area contributed by atoms with Gasteiger partial charge in [-0.2, -0.15) is 0 Å². The van der Waals surface area contributed by atoms with Crippen LogP contribution in [-0.4, -0.2) is 18.1 Å². The maximum atomic E-state index is 5.93. The Labute approximate surface area is 110 Å². The fourth-order valence-electron chi connectivity index (χ4n) is 2.73. The predicted octanol–water partition coefficient (Wildman–Crippen LogP) is 3.12. The average molecular weight is 247 g/mol. The van der Waals surface area contributed by atoms with Crippen LogP contribution in [0.2, 0.25) is 0 Å². The molecule has 1 aliphatic rings. The number of nitrogens with zero attached hydrogens (tertiary/aromatic N) is 2. The predicted molar refractivity (Wildman–Crippen MR) is 76.7 cm³/mol.